The van der Waals surface area contributed by atoms with Crippen LogP contribution in [0.25, 0.3) is 0 Å². The van der Waals surface area contributed by atoms with Gasteiger partial charge in [0.25, 0.3) is 0 Å². The number of amides is 3. The Morgan fingerprint density at radius 1 is 1.34 bits per heavy atom. The third kappa shape index (κ3) is 4.84. The van der Waals surface area contributed by atoms with E-state index in [0.717, 1.165) is 10.5 Å². The molecule has 0 spiro atoms. The molecule has 3 unspecified atom stereocenters. The lowest BCUT2D eigenvalue weighted by Crippen LogP contribution is -2.51. The van der Waals surface area contributed by atoms with Crippen molar-refractivity contribution in [2.24, 2.45) is 0 Å². The average Bonchev–Trinajstić information content (AvgIpc) is 3.33. The highest BCUT2D eigenvalue weighted by molar-refractivity contribution is 5.91. The maximum atomic E-state index is 12.7. The van der Waals surface area contributed by atoms with Crippen LogP contribution in [-0.2, 0) is 16.1 Å². The number of H-pyrrole nitrogens is 1. The second-order valence-corrected chi connectivity index (χ2v) is 7.06. The Hall–Kier alpha value is -3.56. The van der Waals surface area contributed by atoms with Crippen molar-refractivity contribution < 1.29 is 19.5 Å². The van der Waals surface area contributed by atoms with Crippen molar-refractivity contribution in [3.8, 4) is 0 Å². The molecule has 154 valence electrons. The third-order valence-electron chi connectivity index (χ3n) is 4.98. The molecule has 1 saturated heterocycles. The zero-order valence-corrected chi connectivity index (χ0v) is 16.0. The van der Waals surface area contributed by atoms with E-state index in [0.29, 0.717) is 17.9 Å². The first-order valence-electron chi connectivity index (χ1n) is 9.27. The molecule has 6 N–H and O–H groups in total. The summed E-state index contributed by atoms with van der Waals surface area (Å²) >= 11 is 0. The van der Waals surface area contributed by atoms with Crippen LogP contribution in [-0.4, -0.2) is 56.7 Å². The van der Waals surface area contributed by atoms with Gasteiger partial charge < -0.3 is 21.5 Å². The number of nitrogens with two attached hydrogens (primary N) is 1. The van der Waals surface area contributed by atoms with Gasteiger partial charge in [-0.15, -0.1) is 0 Å². The van der Waals surface area contributed by atoms with E-state index < -0.39 is 30.0 Å². The number of nitrogens with one attached hydrogen (secondary N) is 3. The summed E-state index contributed by atoms with van der Waals surface area (Å²) in [7, 11) is 0. The Morgan fingerprint density at radius 3 is 2.69 bits per heavy atom. The van der Waals surface area contributed by atoms with Crippen molar-refractivity contribution in [2.75, 3.05) is 12.3 Å². The van der Waals surface area contributed by atoms with E-state index >= 15 is 0 Å². The van der Waals surface area contributed by atoms with Crippen LogP contribution < -0.4 is 16.4 Å². The fourth-order valence-corrected chi connectivity index (χ4v) is 3.44. The van der Waals surface area contributed by atoms with Gasteiger partial charge in [-0.05, 0) is 18.9 Å². The van der Waals surface area contributed by atoms with Crippen molar-refractivity contribution >= 4 is 23.7 Å². The van der Waals surface area contributed by atoms with Crippen LogP contribution in [0.1, 0.15) is 30.5 Å². The van der Waals surface area contributed by atoms with Crippen LogP contribution in [0.2, 0.25) is 0 Å². The molecular formula is C19H24N6O4. The normalized spacial score (nSPS) is 19.6. The van der Waals surface area contributed by atoms with Crippen LogP contribution in [0.4, 0.5) is 10.6 Å². The summed E-state index contributed by atoms with van der Waals surface area (Å²) in [6.45, 7) is 1.96. The molecule has 2 heterocycles. The van der Waals surface area contributed by atoms with Gasteiger partial charge in [0.15, 0.2) is 0 Å². The van der Waals surface area contributed by atoms with Gasteiger partial charge in [-0.3, -0.25) is 19.6 Å². The number of carboxylic acid groups (broad SMARTS) is 1. The van der Waals surface area contributed by atoms with E-state index in [1.807, 2.05) is 30.3 Å². The fraction of sp³-hybridized carbons (Fsp3) is 0.368. The number of nitrogen functional groups attached to an aromatic ring is 1. The molecule has 1 aromatic carbocycles. The molecule has 3 amide bonds. The minimum Gasteiger partial charge on any atom is -0.465 e. The zero-order valence-electron chi connectivity index (χ0n) is 16.0. The number of likely N-dealkylation sites (tertiary alicyclic amines) is 1. The SMILES string of the molecule is CC(NC(=O)C1CC(c2ccccc2)CN1C(=O)O)C(=O)NCc1cc(N)n[nH]1. The lowest BCUT2D eigenvalue weighted by molar-refractivity contribution is -0.130. The first-order chi connectivity index (χ1) is 13.8. The number of hydrogen-bond donors (Lipinski definition) is 5. The van der Waals surface area contributed by atoms with Crippen molar-refractivity contribution in [3.63, 3.8) is 0 Å². The van der Waals surface area contributed by atoms with Gasteiger partial charge in [0, 0.05) is 18.5 Å². The van der Waals surface area contributed by atoms with E-state index in [2.05, 4.69) is 20.8 Å². The van der Waals surface area contributed by atoms with Crippen LogP contribution in [0.3, 0.4) is 0 Å². The Balaban J connectivity index is 1.58. The van der Waals surface area contributed by atoms with Gasteiger partial charge >= 0.3 is 6.09 Å². The zero-order chi connectivity index (χ0) is 21.0. The molecule has 1 aromatic heterocycles. The van der Waals surface area contributed by atoms with Gasteiger partial charge in [0.2, 0.25) is 11.8 Å². The molecule has 0 saturated carbocycles. The van der Waals surface area contributed by atoms with Crippen molar-refractivity contribution in [2.45, 2.75) is 37.9 Å². The lowest BCUT2D eigenvalue weighted by Gasteiger charge is -2.22. The number of aromatic amines is 1. The van der Waals surface area contributed by atoms with Crippen LogP contribution in [0.5, 0.6) is 0 Å². The summed E-state index contributed by atoms with van der Waals surface area (Å²) < 4.78 is 0. The van der Waals surface area contributed by atoms with Gasteiger partial charge in [0.1, 0.15) is 17.9 Å². The maximum absolute atomic E-state index is 12.7. The minimum absolute atomic E-state index is 0.0713. The molecular weight excluding hydrogens is 376 g/mol. The molecule has 1 aliphatic heterocycles. The van der Waals surface area contributed by atoms with Crippen LogP contribution >= 0.6 is 0 Å². The van der Waals surface area contributed by atoms with Crippen molar-refractivity contribution in [3.05, 3.63) is 47.7 Å². The van der Waals surface area contributed by atoms with Gasteiger partial charge in [-0.2, -0.15) is 5.10 Å². The molecule has 2 aromatic rings. The van der Waals surface area contributed by atoms with Crippen LogP contribution in [0, 0.1) is 0 Å². The molecule has 1 aliphatic rings. The maximum Gasteiger partial charge on any atom is 0.408 e. The molecule has 1 fully saturated rings. The number of benzene rings is 1. The number of carbonyl (C=O) groups excluding carboxylic acids is 2. The third-order valence-corrected chi connectivity index (χ3v) is 4.98. The summed E-state index contributed by atoms with van der Waals surface area (Å²) in [4.78, 5) is 37.7. The first-order valence-corrected chi connectivity index (χ1v) is 9.27. The number of aromatic nitrogens is 2. The summed E-state index contributed by atoms with van der Waals surface area (Å²) in [6, 6.07) is 9.41. The van der Waals surface area contributed by atoms with E-state index in [1.54, 1.807) is 13.0 Å². The van der Waals surface area contributed by atoms with Gasteiger partial charge in [-0.25, -0.2) is 4.79 Å². The van der Waals surface area contributed by atoms with Gasteiger partial charge in [-0.1, -0.05) is 30.3 Å². The summed E-state index contributed by atoms with van der Waals surface area (Å²) in [6.07, 6.45) is -0.790. The second kappa shape index (κ2) is 8.63. The predicted octanol–water partition coefficient (Wildman–Crippen LogP) is 0.649. The molecule has 10 nitrogen and oxygen atoms in total. The number of rotatable bonds is 6. The molecule has 3 atom stereocenters. The van der Waals surface area contributed by atoms with Crippen LogP contribution in [0.15, 0.2) is 36.4 Å². The molecule has 3 rings (SSSR count). The summed E-state index contributed by atoms with van der Waals surface area (Å²) in [5, 5.41) is 21.2. The molecule has 0 bridgehead atoms. The number of anilines is 1. The topological polar surface area (TPSA) is 153 Å². The second-order valence-electron chi connectivity index (χ2n) is 7.06. The molecule has 29 heavy (non-hydrogen) atoms. The quantitative estimate of drug-likeness (QED) is 0.480. The monoisotopic (exact) mass is 400 g/mol. The minimum atomic E-state index is -1.16. The van der Waals surface area contributed by atoms with Crippen molar-refractivity contribution in [1.29, 1.82) is 0 Å². The van der Waals surface area contributed by atoms with E-state index in [4.69, 9.17) is 5.73 Å². The average molecular weight is 400 g/mol. The highest BCUT2D eigenvalue weighted by atomic mass is 16.4. The Bertz CT molecular complexity index is 884. The molecule has 10 heteroatoms. The Labute approximate surface area is 167 Å². The number of hydrogen-bond acceptors (Lipinski definition) is 5. The van der Waals surface area contributed by atoms with E-state index in [9.17, 15) is 19.5 Å². The van der Waals surface area contributed by atoms with E-state index in [-0.39, 0.29) is 19.0 Å². The molecule has 0 radical (unpaired) electrons. The Kier molecular flexibility index (Phi) is 6.01. The fourth-order valence-electron chi connectivity index (χ4n) is 3.44. The smallest absolute Gasteiger partial charge is 0.408 e. The largest absolute Gasteiger partial charge is 0.465 e. The summed E-state index contributed by atoms with van der Waals surface area (Å²) in [5.41, 5.74) is 7.12. The molecule has 0 aliphatic carbocycles. The lowest BCUT2D eigenvalue weighted by atomic mass is 9.96. The summed E-state index contributed by atoms with van der Waals surface area (Å²) in [5.74, 6) is -0.637. The van der Waals surface area contributed by atoms with Gasteiger partial charge in [0.05, 0.1) is 12.2 Å². The number of nitrogens with zero attached hydrogens (tertiary/aromatic N) is 2. The Morgan fingerprint density at radius 2 is 2.07 bits per heavy atom. The standard InChI is InChI=1S/C19H24N6O4/c1-11(17(26)21-9-14-8-16(20)24-23-14)22-18(27)15-7-13(10-25(15)19(28)29)12-5-3-2-4-6-12/h2-6,8,11,13,15H,7,9-10H2,1H3,(H,21,26)(H,22,27)(H,28,29)(H3,20,23,24). The van der Waals surface area contributed by atoms with E-state index in [1.165, 1.54) is 0 Å². The highest BCUT2D eigenvalue weighted by Crippen LogP contribution is 2.31. The highest BCUT2D eigenvalue weighted by Gasteiger charge is 2.40. The number of carbonyl (C=O) groups is 3. The first kappa shape index (κ1) is 20.2. The predicted molar refractivity (Wildman–Crippen MR) is 105 cm³/mol. The van der Waals surface area contributed by atoms with Crippen molar-refractivity contribution in [1.82, 2.24) is 25.7 Å².